The molecule has 146 valence electrons. The Morgan fingerprint density at radius 2 is 1.90 bits per heavy atom. The maximum absolute atomic E-state index is 13.0. The van der Waals surface area contributed by atoms with Gasteiger partial charge in [0.2, 0.25) is 12.7 Å². The largest absolute Gasteiger partial charge is 0.454 e. The average molecular weight is 388 g/mol. The molecular formula is C23H20N2O4. The number of carbonyl (C=O) groups is 1. The van der Waals surface area contributed by atoms with Crippen LogP contribution < -0.4 is 14.8 Å². The van der Waals surface area contributed by atoms with Crippen molar-refractivity contribution in [2.24, 2.45) is 0 Å². The number of aromatic nitrogens is 1. The molecule has 1 aliphatic carbocycles. The van der Waals surface area contributed by atoms with Gasteiger partial charge in [-0.25, -0.2) is 4.98 Å². The number of hydrogen-bond acceptors (Lipinski definition) is 5. The summed E-state index contributed by atoms with van der Waals surface area (Å²) in [6.07, 6.45) is 3.32. The summed E-state index contributed by atoms with van der Waals surface area (Å²) in [6, 6.07) is 17.1. The monoisotopic (exact) mass is 388 g/mol. The standard InChI is InChI=1S/C23H20N2O4/c26-13-15-2-1-3-16(10-15)17-4-7-21(24-12-17)25-22(27)23(8-9-23)18-5-6-19-20(11-18)29-14-28-19/h1-7,10-12,26H,8-9,13-14H2,(H,24,25,27). The number of nitrogens with zero attached hydrogens (tertiary/aromatic N) is 1. The van der Waals surface area contributed by atoms with Gasteiger partial charge in [0.25, 0.3) is 0 Å². The molecule has 0 spiro atoms. The number of amides is 1. The maximum atomic E-state index is 13.0. The molecule has 6 heteroatoms. The lowest BCUT2D eigenvalue weighted by Crippen LogP contribution is -2.28. The second-order valence-corrected chi connectivity index (χ2v) is 7.39. The van der Waals surface area contributed by atoms with Gasteiger partial charge in [0.05, 0.1) is 12.0 Å². The molecular weight excluding hydrogens is 368 g/mol. The van der Waals surface area contributed by atoms with E-state index in [0.29, 0.717) is 17.3 Å². The molecule has 3 aromatic rings. The summed E-state index contributed by atoms with van der Waals surface area (Å²) in [5.41, 5.74) is 3.16. The zero-order valence-electron chi connectivity index (χ0n) is 15.7. The topological polar surface area (TPSA) is 80.7 Å². The van der Waals surface area contributed by atoms with Crippen LogP contribution in [-0.2, 0) is 16.8 Å². The molecule has 2 heterocycles. The van der Waals surface area contributed by atoms with E-state index in [1.807, 2.05) is 48.5 Å². The van der Waals surface area contributed by atoms with Gasteiger partial charge in [0, 0.05) is 11.8 Å². The Hall–Kier alpha value is -3.38. The fraction of sp³-hybridized carbons (Fsp3) is 0.217. The van der Waals surface area contributed by atoms with Crippen LogP contribution in [0.3, 0.4) is 0 Å². The Morgan fingerprint density at radius 3 is 2.66 bits per heavy atom. The second-order valence-electron chi connectivity index (χ2n) is 7.39. The molecule has 1 amide bonds. The first-order chi connectivity index (χ1) is 14.2. The molecule has 5 rings (SSSR count). The van der Waals surface area contributed by atoms with Crippen LogP contribution in [0.5, 0.6) is 11.5 Å². The Morgan fingerprint density at radius 1 is 1.03 bits per heavy atom. The van der Waals surface area contributed by atoms with E-state index in [4.69, 9.17) is 9.47 Å². The van der Waals surface area contributed by atoms with Gasteiger partial charge in [0.15, 0.2) is 11.5 Å². The van der Waals surface area contributed by atoms with E-state index < -0.39 is 5.41 Å². The fourth-order valence-corrected chi connectivity index (χ4v) is 3.69. The van der Waals surface area contributed by atoms with Gasteiger partial charge in [0.1, 0.15) is 5.82 Å². The Balaban J connectivity index is 1.33. The highest BCUT2D eigenvalue weighted by Crippen LogP contribution is 2.51. The summed E-state index contributed by atoms with van der Waals surface area (Å²) in [7, 11) is 0. The smallest absolute Gasteiger partial charge is 0.236 e. The summed E-state index contributed by atoms with van der Waals surface area (Å²) in [5.74, 6) is 1.87. The summed E-state index contributed by atoms with van der Waals surface area (Å²) in [5, 5.41) is 12.3. The highest BCUT2D eigenvalue weighted by atomic mass is 16.7. The van der Waals surface area contributed by atoms with Crippen LogP contribution in [0.25, 0.3) is 11.1 Å². The third-order valence-electron chi connectivity index (χ3n) is 5.56. The molecule has 2 aliphatic rings. The predicted molar refractivity (Wildman–Crippen MR) is 108 cm³/mol. The fourth-order valence-electron chi connectivity index (χ4n) is 3.69. The molecule has 0 radical (unpaired) electrons. The molecule has 1 saturated carbocycles. The van der Waals surface area contributed by atoms with Crippen molar-refractivity contribution in [1.82, 2.24) is 4.98 Å². The van der Waals surface area contributed by atoms with Gasteiger partial charge < -0.3 is 19.9 Å². The minimum Gasteiger partial charge on any atom is -0.454 e. The normalized spacial score (nSPS) is 15.8. The molecule has 0 saturated heterocycles. The first-order valence-corrected chi connectivity index (χ1v) is 9.56. The SMILES string of the molecule is O=C(Nc1ccc(-c2cccc(CO)c2)cn1)C1(c2ccc3c(c2)OCO3)CC1. The van der Waals surface area contributed by atoms with Crippen molar-refractivity contribution in [1.29, 1.82) is 0 Å². The number of hydrogen-bond donors (Lipinski definition) is 2. The minimum atomic E-state index is -0.531. The van der Waals surface area contributed by atoms with E-state index in [0.717, 1.165) is 35.1 Å². The number of fused-ring (bicyclic) bond motifs is 1. The quantitative estimate of drug-likeness (QED) is 0.698. The van der Waals surface area contributed by atoms with Crippen LogP contribution >= 0.6 is 0 Å². The van der Waals surface area contributed by atoms with Crippen molar-refractivity contribution in [3.05, 3.63) is 71.9 Å². The van der Waals surface area contributed by atoms with Crippen molar-refractivity contribution in [2.75, 3.05) is 12.1 Å². The maximum Gasteiger partial charge on any atom is 0.236 e. The van der Waals surface area contributed by atoms with E-state index in [9.17, 15) is 9.90 Å². The van der Waals surface area contributed by atoms with Gasteiger partial charge in [-0.05, 0) is 59.9 Å². The van der Waals surface area contributed by atoms with E-state index in [1.165, 1.54) is 0 Å². The molecule has 1 aromatic heterocycles. The van der Waals surface area contributed by atoms with E-state index >= 15 is 0 Å². The van der Waals surface area contributed by atoms with Gasteiger partial charge in [-0.15, -0.1) is 0 Å². The van der Waals surface area contributed by atoms with Gasteiger partial charge in [-0.3, -0.25) is 4.79 Å². The zero-order chi connectivity index (χ0) is 19.8. The minimum absolute atomic E-state index is 0.00263. The summed E-state index contributed by atoms with van der Waals surface area (Å²) >= 11 is 0. The molecule has 2 aromatic carbocycles. The Labute approximate surface area is 168 Å². The van der Waals surface area contributed by atoms with Crippen LogP contribution in [-0.4, -0.2) is 22.8 Å². The van der Waals surface area contributed by atoms with Crippen molar-refractivity contribution in [2.45, 2.75) is 24.9 Å². The molecule has 1 fully saturated rings. The number of nitrogens with one attached hydrogen (secondary N) is 1. The van der Waals surface area contributed by atoms with Gasteiger partial charge in [-0.1, -0.05) is 24.3 Å². The van der Waals surface area contributed by atoms with Gasteiger partial charge >= 0.3 is 0 Å². The predicted octanol–water partition coefficient (Wildman–Crippen LogP) is 3.64. The number of anilines is 1. The molecule has 0 unspecified atom stereocenters. The lowest BCUT2D eigenvalue weighted by Gasteiger charge is -2.16. The number of carbonyl (C=O) groups excluding carboxylic acids is 1. The molecule has 0 bridgehead atoms. The number of benzene rings is 2. The van der Waals surface area contributed by atoms with E-state index in [1.54, 1.807) is 12.3 Å². The zero-order valence-corrected chi connectivity index (χ0v) is 15.7. The number of aliphatic hydroxyl groups is 1. The number of ether oxygens (including phenoxy) is 2. The molecule has 1 aliphatic heterocycles. The summed E-state index contributed by atoms with van der Waals surface area (Å²) < 4.78 is 10.8. The second kappa shape index (κ2) is 6.90. The van der Waals surface area contributed by atoms with Crippen LogP contribution in [0.2, 0.25) is 0 Å². The Kier molecular flexibility index (Phi) is 4.21. The van der Waals surface area contributed by atoms with Crippen LogP contribution in [0.15, 0.2) is 60.8 Å². The molecule has 29 heavy (non-hydrogen) atoms. The van der Waals surface area contributed by atoms with Crippen LogP contribution in [0.4, 0.5) is 5.82 Å². The lowest BCUT2D eigenvalue weighted by atomic mass is 9.94. The molecule has 6 nitrogen and oxygen atoms in total. The first-order valence-electron chi connectivity index (χ1n) is 9.56. The Bertz CT molecular complexity index is 1070. The van der Waals surface area contributed by atoms with E-state index in [2.05, 4.69) is 10.3 Å². The van der Waals surface area contributed by atoms with Crippen molar-refractivity contribution in [3.63, 3.8) is 0 Å². The highest BCUT2D eigenvalue weighted by molar-refractivity contribution is 6.01. The summed E-state index contributed by atoms with van der Waals surface area (Å²) in [6.45, 7) is 0.215. The lowest BCUT2D eigenvalue weighted by molar-refractivity contribution is -0.118. The highest BCUT2D eigenvalue weighted by Gasteiger charge is 2.51. The third kappa shape index (κ3) is 3.21. The number of rotatable bonds is 5. The van der Waals surface area contributed by atoms with Crippen LogP contribution in [0.1, 0.15) is 24.0 Å². The number of aliphatic hydroxyl groups excluding tert-OH is 1. The third-order valence-corrected chi connectivity index (χ3v) is 5.56. The van der Waals surface area contributed by atoms with Crippen molar-refractivity contribution in [3.8, 4) is 22.6 Å². The van der Waals surface area contributed by atoms with E-state index in [-0.39, 0.29) is 19.3 Å². The first kappa shape index (κ1) is 17.7. The van der Waals surface area contributed by atoms with Crippen molar-refractivity contribution < 1.29 is 19.4 Å². The summed E-state index contributed by atoms with van der Waals surface area (Å²) in [4.78, 5) is 17.4. The number of pyridine rings is 1. The molecule has 2 N–H and O–H groups in total. The molecule has 0 atom stereocenters. The van der Waals surface area contributed by atoms with Gasteiger partial charge in [-0.2, -0.15) is 0 Å². The average Bonchev–Trinajstić information content (AvgIpc) is 3.45. The van der Waals surface area contributed by atoms with Crippen LogP contribution in [0, 0.1) is 0 Å². The van der Waals surface area contributed by atoms with Crippen molar-refractivity contribution >= 4 is 11.7 Å².